The van der Waals surface area contributed by atoms with Gasteiger partial charge in [-0.15, -0.1) is 0 Å². The summed E-state index contributed by atoms with van der Waals surface area (Å²) in [5.74, 6) is 1.14. The van der Waals surface area contributed by atoms with E-state index in [9.17, 15) is 4.79 Å². The Labute approximate surface area is 119 Å². The maximum Gasteiger partial charge on any atom is 0.256 e. The van der Waals surface area contributed by atoms with Crippen LogP contribution in [0.4, 0.5) is 0 Å². The van der Waals surface area contributed by atoms with Gasteiger partial charge in [0.2, 0.25) is 0 Å². The van der Waals surface area contributed by atoms with Crippen LogP contribution in [-0.4, -0.2) is 25.0 Å². The van der Waals surface area contributed by atoms with Gasteiger partial charge in [0.1, 0.15) is 11.3 Å². The first-order chi connectivity index (χ1) is 9.61. The highest BCUT2D eigenvalue weighted by Gasteiger charge is 2.44. The van der Waals surface area contributed by atoms with Crippen LogP contribution in [0.1, 0.15) is 32.8 Å². The predicted octanol–water partition coefficient (Wildman–Crippen LogP) is 1.79. The van der Waals surface area contributed by atoms with E-state index >= 15 is 0 Å². The first-order valence-corrected chi connectivity index (χ1v) is 6.98. The molecule has 1 atom stereocenters. The third-order valence-corrected chi connectivity index (χ3v) is 3.27. The number of para-hydroxylation sites is 1. The summed E-state index contributed by atoms with van der Waals surface area (Å²) in [5.41, 5.74) is -0.0285. The van der Waals surface area contributed by atoms with Gasteiger partial charge in [-0.1, -0.05) is 25.1 Å². The van der Waals surface area contributed by atoms with Crippen LogP contribution >= 0.6 is 0 Å². The Kier molecular flexibility index (Phi) is 4.27. The summed E-state index contributed by atoms with van der Waals surface area (Å²) in [5, 5.41) is 5.97. The van der Waals surface area contributed by atoms with Crippen LogP contribution in [0.15, 0.2) is 29.3 Å². The lowest BCUT2D eigenvalue weighted by Crippen LogP contribution is -2.41. The van der Waals surface area contributed by atoms with Crippen molar-refractivity contribution in [2.75, 3.05) is 13.2 Å². The summed E-state index contributed by atoms with van der Waals surface area (Å²) in [6, 6.07) is 7.58. The second-order valence-corrected chi connectivity index (χ2v) is 4.86. The molecule has 1 aromatic rings. The average molecular weight is 275 g/mol. The van der Waals surface area contributed by atoms with Gasteiger partial charge in [-0.2, -0.15) is 0 Å². The number of amides is 1. The fourth-order valence-corrected chi connectivity index (χ4v) is 2.21. The molecule has 0 aromatic heterocycles. The number of rotatable bonds is 5. The Bertz CT molecular complexity index is 528. The molecule has 0 bridgehead atoms. The van der Waals surface area contributed by atoms with E-state index in [4.69, 9.17) is 4.74 Å². The van der Waals surface area contributed by atoms with Crippen molar-refractivity contribution in [1.29, 1.82) is 0 Å². The van der Waals surface area contributed by atoms with E-state index in [1.807, 2.05) is 45.0 Å². The predicted molar refractivity (Wildman–Crippen MR) is 78.8 cm³/mol. The zero-order valence-corrected chi connectivity index (χ0v) is 12.2. The number of ether oxygens (including phenoxy) is 1. The molecule has 1 fully saturated rings. The molecule has 20 heavy (non-hydrogen) atoms. The molecule has 1 aliphatic rings. The van der Waals surface area contributed by atoms with Crippen LogP contribution < -0.4 is 15.4 Å². The fourth-order valence-electron chi connectivity index (χ4n) is 2.21. The highest BCUT2D eigenvalue weighted by atomic mass is 16.5. The molecule has 5 nitrogen and oxygen atoms in total. The number of nitrogens with zero attached hydrogens (tertiary/aromatic N) is 1. The molecule has 2 N–H and O–H groups in total. The number of hydrogen-bond acceptors (Lipinski definition) is 3. The summed E-state index contributed by atoms with van der Waals surface area (Å²) in [7, 11) is 0. The Balaban J connectivity index is 2.34. The maximum absolute atomic E-state index is 12.3. The zero-order chi connectivity index (χ0) is 14.6. The Morgan fingerprint density at radius 1 is 1.30 bits per heavy atom. The largest absolute Gasteiger partial charge is 0.493 e. The smallest absolute Gasteiger partial charge is 0.256 e. The number of hydrogen-bond donors (Lipinski definition) is 2. The van der Waals surface area contributed by atoms with Crippen LogP contribution in [0, 0.1) is 0 Å². The van der Waals surface area contributed by atoms with Crippen LogP contribution in [0.2, 0.25) is 0 Å². The molecule has 1 heterocycles. The molecular formula is C15H21N3O2. The number of aliphatic imine (C=N–C) groups is 1. The van der Waals surface area contributed by atoms with Crippen molar-refractivity contribution in [2.24, 2.45) is 4.99 Å². The SMILES string of the molecule is CCCN=C1NC(=O)C(C)(c2ccccc2OCC)N1. The highest BCUT2D eigenvalue weighted by Crippen LogP contribution is 2.32. The lowest BCUT2D eigenvalue weighted by atomic mass is 9.91. The van der Waals surface area contributed by atoms with Crippen molar-refractivity contribution < 1.29 is 9.53 Å². The first kappa shape index (κ1) is 14.4. The Morgan fingerprint density at radius 2 is 2.05 bits per heavy atom. The van der Waals surface area contributed by atoms with Crippen molar-refractivity contribution in [1.82, 2.24) is 10.6 Å². The van der Waals surface area contributed by atoms with Gasteiger partial charge < -0.3 is 10.1 Å². The molecular weight excluding hydrogens is 254 g/mol. The summed E-state index contributed by atoms with van der Waals surface area (Å²) < 4.78 is 5.62. The van der Waals surface area contributed by atoms with Crippen molar-refractivity contribution in [3.8, 4) is 5.75 Å². The zero-order valence-electron chi connectivity index (χ0n) is 12.2. The monoisotopic (exact) mass is 275 g/mol. The minimum absolute atomic E-state index is 0.112. The standard InChI is InChI=1S/C15H21N3O2/c1-4-10-16-14-17-13(19)15(3,18-14)11-8-6-7-9-12(11)20-5-2/h6-9H,4-5,10H2,1-3H3,(H2,16,17,18,19). The normalized spacial score (nSPS) is 23.6. The van der Waals surface area contributed by atoms with Crippen LogP contribution in [0.25, 0.3) is 0 Å². The van der Waals surface area contributed by atoms with Gasteiger partial charge in [-0.3, -0.25) is 15.1 Å². The minimum Gasteiger partial charge on any atom is -0.493 e. The number of carbonyl (C=O) groups excluding carboxylic acids is 1. The molecule has 1 unspecified atom stereocenters. The topological polar surface area (TPSA) is 62.7 Å². The lowest BCUT2D eigenvalue weighted by molar-refractivity contribution is -0.123. The quantitative estimate of drug-likeness (QED) is 0.861. The Hall–Kier alpha value is -2.04. The number of nitrogens with one attached hydrogen (secondary N) is 2. The number of benzene rings is 1. The van der Waals surface area contributed by atoms with E-state index in [1.54, 1.807) is 0 Å². The van der Waals surface area contributed by atoms with Gasteiger partial charge >= 0.3 is 0 Å². The summed E-state index contributed by atoms with van der Waals surface area (Å²) >= 11 is 0. The second kappa shape index (κ2) is 5.94. The second-order valence-electron chi connectivity index (χ2n) is 4.86. The molecule has 1 aliphatic heterocycles. The molecule has 1 saturated heterocycles. The average Bonchev–Trinajstić information content (AvgIpc) is 2.74. The van der Waals surface area contributed by atoms with E-state index in [0.29, 0.717) is 19.1 Å². The van der Waals surface area contributed by atoms with E-state index in [2.05, 4.69) is 15.6 Å². The van der Waals surface area contributed by atoms with E-state index < -0.39 is 5.54 Å². The van der Waals surface area contributed by atoms with E-state index in [-0.39, 0.29) is 5.91 Å². The van der Waals surface area contributed by atoms with Gasteiger partial charge in [-0.25, -0.2) is 0 Å². The molecule has 0 saturated carbocycles. The van der Waals surface area contributed by atoms with Crippen LogP contribution in [0.5, 0.6) is 5.75 Å². The number of carbonyl (C=O) groups is 1. The highest BCUT2D eigenvalue weighted by molar-refractivity contribution is 6.09. The summed E-state index contributed by atoms with van der Waals surface area (Å²) in [6.07, 6.45) is 0.938. The summed E-state index contributed by atoms with van der Waals surface area (Å²) in [4.78, 5) is 16.6. The molecule has 5 heteroatoms. The third kappa shape index (κ3) is 2.61. The van der Waals surface area contributed by atoms with Crippen molar-refractivity contribution in [3.63, 3.8) is 0 Å². The van der Waals surface area contributed by atoms with Crippen molar-refractivity contribution in [2.45, 2.75) is 32.7 Å². The van der Waals surface area contributed by atoms with Crippen molar-refractivity contribution >= 4 is 11.9 Å². The molecule has 0 aliphatic carbocycles. The fraction of sp³-hybridized carbons (Fsp3) is 0.467. The molecule has 1 aromatic carbocycles. The van der Waals surface area contributed by atoms with E-state index in [1.165, 1.54) is 0 Å². The van der Waals surface area contributed by atoms with Gasteiger partial charge in [-0.05, 0) is 26.3 Å². The minimum atomic E-state index is -0.849. The van der Waals surface area contributed by atoms with Crippen molar-refractivity contribution in [3.05, 3.63) is 29.8 Å². The van der Waals surface area contributed by atoms with Crippen LogP contribution in [-0.2, 0) is 10.3 Å². The van der Waals surface area contributed by atoms with Gasteiger partial charge in [0.05, 0.1) is 6.61 Å². The number of guanidine groups is 1. The molecule has 0 radical (unpaired) electrons. The third-order valence-electron chi connectivity index (χ3n) is 3.27. The molecule has 108 valence electrons. The van der Waals surface area contributed by atoms with Gasteiger partial charge in [0.15, 0.2) is 5.96 Å². The molecule has 0 spiro atoms. The maximum atomic E-state index is 12.3. The van der Waals surface area contributed by atoms with E-state index in [0.717, 1.165) is 17.7 Å². The van der Waals surface area contributed by atoms with Gasteiger partial charge in [0, 0.05) is 12.1 Å². The first-order valence-electron chi connectivity index (χ1n) is 6.98. The molecule has 2 rings (SSSR count). The van der Waals surface area contributed by atoms with Gasteiger partial charge in [0.25, 0.3) is 5.91 Å². The van der Waals surface area contributed by atoms with Crippen LogP contribution in [0.3, 0.4) is 0 Å². The summed E-state index contributed by atoms with van der Waals surface area (Å²) in [6.45, 7) is 7.06. The molecule has 1 amide bonds. The Morgan fingerprint density at radius 3 is 2.75 bits per heavy atom. The lowest BCUT2D eigenvalue weighted by Gasteiger charge is -2.24.